The number of nitrogens with two attached hydrogens (primary N) is 1. The van der Waals surface area contributed by atoms with Crippen LogP contribution in [-0.2, 0) is 6.18 Å². The molecule has 2 rings (SSSR count). The van der Waals surface area contributed by atoms with Crippen molar-refractivity contribution < 1.29 is 17.6 Å². The molecule has 108 valence electrons. The van der Waals surface area contributed by atoms with Gasteiger partial charge in [0.2, 0.25) is 0 Å². The number of aromatic nitrogens is 1. The maximum atomic E-state index is 14.0. The van der Waals surface area contributed by atoms with Gasteiger partial charge in [-0.25, -0.2) is 14.8 Å². The summed E-state index contributed by atoms with van der Waals surface area (Å²) in [5, 5.41) is -0.985. The van der Waals surface area contributed by atoms with Gasteiger partial charge in [0.1, 0.15) is 5.82 Å². The van der Waals surface area contributed by atoms with Crippen LogP contribution in [0.5, 0.6) is 0 Å². The fourth-order valence-electron chi connectivity index (χ4n) is 1.77. The van der Waals surface area contributed by atoms with Crippen molar-refractivity contribution in [2.75, 3.05) is 0 Å². The average Bonchev–Trinajstić information content (AvgIpc) is 2.85. The van der Waals surface area contributed by atoms with Crippen LogP contribution in [-0.4, -0.2) is 4.98 Å². The van der Waals surface area contributed by atoms with Crippen molar-refractivity contribution >= 4 is 11.3 Å². The number of halogens is 4. The summed E-state index contributed by atoms with van der Waals surface area (Å²) in [7, 11) is 0. The predicted molar refractivity (Wildman–Crippen MR) is 67.4 cm³/mol. The van der Waals surface area contributed by atoms with Gasteiger partial charge in [-0.15, -0.1) is 11.3 Å². The molecule has 0 aliphatic carbocycles. The van der Waals surface area contributed by atoms with Gasteiger partial charge in [-0.3, -0.25) is 5.84 Å². The van der Waals surface area contributed by atoms with E-state index < -0.39 is 23.0 Å². The molecule has 0 spiro atoms. The molecule has 0 saturated heterocycles. The quantitative estimate of drug-likeness (QED) is 0.520. The summed E-state index contributed by atoms with van der Waals surface area (Å²) in [5.74, 6) is 4.85. The van der Waals surface area contributed by atoms with Crippen LogP contribution in [0, 0.1) is 12.7 Å². The Morgan fingerprint density at radius 2 is 2.05 bits per heavy atom. The number of benzene rings is 1. The Hall–Kier alpha value is -1.51. The molecule has 1 heterocycles. The normalized spacial score (nSPS) is 13.5. The molecular weight excluding hydrogens is 294 g/mol. The second-order valence-corrected chi connectivity index (χ2v) is 5.21. The highest BCUT2D eigenvalue weighted by Gasteiger charge is 2.35. The molecule has 0 fully saturated rings. The number of aryl methyl sites for hydroxylation is 1. The van der Waals surface area contributed by atoms with E-state index in [4.69, 9.17) is 5.84 Å². The standard InChI is InChI=1S/C12H11F4N3S/c1-6-3-2-4-7(9(6)13)10(19-17)8-5-18-11(20-8)12(14,15)16/h2-5,10,19H,17H2,1H3. The van der Waals surface area contributed by atoms with E-state index in [1.54, 1.807) is 19.1 Å². The van der Waals surface area contributed by atoms with Gasteiger partial charge in [0.05, 0.1) is 6.04 Å². The number of rotatable bonds is 3. The number of nitrogens with one attached hydrogen (secondary N) is 1. The second-order valence-electron chi connectivity index (χ2n) is 4.14. The molecule has 1 atom stereocenters. The van der Waals surface area contributed by atoms with Gasteiger partial charge >= 0.3 is 6.18 Å². The Balaban J connectivity index is 2.43. The molecule has 1 aromatic carbocycles. The Morgan fingerprint density at radius 1 is 1.35 bits per heavy atom. The van der Waals surface area contributed by atoms with Crippen molar-refractivity contribution in [1.82, 2.24) is 10.4 Å². The van der Waals surface area contributed by atoms with Crippen molar-refractivity contribution in [1.29, 1.82) is 0 Å². The first-order valence-corrected chi connectivity index (χ1v) is 6.40. The number of hydrazine groups is 1. The molecule has 0 aliphatic rings. The maximum Gasteiger partial charge on any atom is 0.443 e. The van der Waals surface area contributed by atoms with Crippen LogP contribution >= 0.6 is 11.3 Å². The van der Waals surface area contributed by atoms with E-state index in [-0.39, 0.29) is 10.4 Å². The molecule has 1 unspecified atom stereocenters. The molecule has 2 aromatic rings. The molecule has 0 amide bonds. The lowest BCUT2D eigenvalue weighted by Gasteiger charge is -2.16. The Kier molecular flexibility index (Phi) is 4.07. The van der Waals surface area contributed by atoms with Crippen LogP contribution in [0.2, 0.25) is 0 Å². The van der Waals surface area contributed by atoms with Crippen LogP contribution < -0.4 is 11.3 Å². The van der Waals surface area contributed by atoms with Crippen LogP contribution in [0.1, 0.15) is 27.1 Å². The number of alkyl halides is 3. The summed E-state index contributed by atoms with van der Waals surface area (Å²) in [4.78, 5) is 3.51. The zero-order chi connectivity index (χ0) is 14.9. The van der Waals surface area contributed by atoms with Crippen LogP contribution in [0.4, 0.5) is 17.6 Å². The van der Waals surface area contributed by atoms with E-state index in [1.807, 2.05) is 0 Å². The Morgan fingerprint density at radius 3 is 2.60 bits per heavy atom. The molecule has 3 N–H and O–H groups in total. The van der Waals surface area contributed by atoms with Crippen molar-refractivity contribution in [2.24, 2.45) is 5.84 Å². The Bertz CT molecular complexity index is 609. The van der Waals surface area contributed by atoms with Gasteiger partial charge in [-0.05, 0) is 12.5 Å². The Labute approximate surface area is 116 Å². The van der Waals surface area contributed by atoms with Gasteiger partial charge in [0.25, 0.3) is 0 Å². The van der Waals surface area contributed by atoms with Crippen molar-refractivity contribution in [3.05, 3.63) is 51.2 Å². The third-order valence-electron chi connectivity index (χ3n) is 2.75. The zero-order valence-corrected chi connectivity index (χ0v) is 11.1. The lowest BCUT2D eigenvalue weighted by Crippen LogP contribution is -2.29. The number of nitrogens with zero attached hydrogens (tertiary/aromatic N) is 1. The number of hydrogen-bond acceptors (Lipinski definition) is 4. The number of thiazole rings is 1. The van der Waals surface area contributed by atoms with E-state index in [9.17, 15) is 17.6 Å². The van der Waals surface area contributed by atoms with E-state index in [1.165, 1.54) is 6.07 Å². The predicted octanol–water partition coefficient (Wildman–Crippen LogP) is 3.16. The third kappa shape index (κ3) is 2.82. The summed E-state index contributed by atoms with van der Waals surface area (Å²) in [6.07, 6.45) is -3.47. The largest absolute Gasteiger partial charge is 0.443 e. The van der Waals surface area contributed by atoms with Crippen molar-refractivity contribution in [3.8, 4) is 0 Å². The van der Waals surface area contributed by atoms with Gasteiger partial charge in [-0.1, -0.05) is 18.2 Å². The van der Waals surface area contributed by atoms with Gasteiger partial charge in [-0.2, -0.15) is 13.2 Å². The highest BCUT2D eigenvalue weighted by atomic mass is 32.1. The minimum absolute atomic E-state index is 0.185. The molecule has 20 heavy (non-hydrogen) atoms. The lowest BCUT2D eigenvalue weighted by molar-refractivity contribution is -0.137. The van der Waals surface area contributed by atoms with Crippen LogP contribution in [0.25, 0.3) is 0 Å². The van der Waals surface area contributed by atoms with Crippen molar-refractivity contribution in [3.63, 3.8) is 0 Å². The highest BCUT2D eigenvalue weighted by molar-refractivity contribution is 7.11. The fourth-order valence-corrected chi connectivity index (χ4v) is 2.63. The molecule has 0 radical (unpaired) electrons. The molecular formula is C12H11F4N3S. The zero-order valence-electron chi connectivity index (χ0n) is 10.3. The summed E-state index contributed by atoms with van der Waals surface area (Å²) in [6.45, 7) is 1.57. The average molecular weight is 305 g/mol. The topological polar surface area (TPSA) is 50.9 Å². The fraction of sp³-hybridized carbons (Fsp3) is 0.250. The molecule has 1 aromatic heterocycles. The monoisotopic (exact) mass is 305 g/mol. The first-order chi connectivity index (χ1) is 9.34. The number of hydrogen-bond donors (Lipinski definition) is 2. The van der Waals surface area contributed by atoms with E-state index in [2.05, 4.69) is 10.4 Å². The maximum absolute atomic E-state index is 14.0. The van der Waals surface area contributed by atoms with Crippen LogP contribution in [0.15, 0.2) is 24.4 Å². The molecule has 0 saturated carbocycles. The lowest BCUT2D eigenvalue weighted by atomic mass is 10.0. The molecule has 8 heteroatoms. The summed E-state index contributed by atoms with van der Waals surface area (Å²) in [5.41, 5.74) is 2.91. The molecule has 0 aliphatic heterocycles. The van der Waals surface area contributed by atoms with E-state index in [0.29, 0.717) is 16.9 Å². The summed E-state index contributed by atoms with van der Waals surface area (Å²) >= 11 is 0.437. The van der Waals surface area contributed by atoms with E-state index in [0.717, 1.165) is 6.20 Å². The molecule has 3 nitrogen and oxygen atoms in total. The summed E-state index contributed by atoms with van der Waals surface area (Å²) in [6, 6.07) is 3.78. The minimum Gasteiger partial charge on any atom is -0.271 e. The smallest absolute Gasteiger partial charge is 0.271 e. The minimum atomic E-state index is -4.52. The van der Waals surface area contributed by atoms with Crippen LogP contribution in [0.3, 0.4) is 0 Å². The first kappa shape index (κ1) is 14.9. The first-order valence-electron chi connectivity index (χ1n) is 5.58. The SMILES string of the molecule is Cc1cccc(C(NN)c2cnc(C(F)(F)F)s2)c1F. The third-order valence-corrected chi connectivity index (χ3v) is 3.86. The van der Waals surface area contributed by atoms with Gasteiger partial charge in [0.15, 0.2) is 5.01 Å². The van der Waals surface area contributed by atoms with Gasteiger partial charge < -0.3 is 0 Å². The van der Waals surface area contributed by atoms with Gasteiger partial charge in [0, 0.05) is 16.6 Å². The van der Waals surface area contributed by atoms with Crippen molar-refractivity contribution in [2.45, 2.75) is 19.1 Å². The molecule has 0 bridgehead atoms. The van der Waals surface area contributed by atoms with E-state index >= 15 is 0 Å². The summed E-state index contributed by atoms with van der Waals surface area (Å²) < 4.78 is 51.6. The highest BCUT2D eigenvalue weighted by Crippen LogP contribution is 2.36. The second kappa shape index (κ2) is 5.47.